The SMILES string of the molecule is O=C1N(c2ccccc2F)CCN1[C@@H]1CCCNC1. The first-order valence-electron chi connectivity index (χ1n) is 6.81. The van der Waals surface area contributed by atoms with E-state index >= 15 is 0 Å². The number of para-hydroxylation sites is 1. The van der Waals surface area contributed by atoms with E-state index in [1.54, 1.807) is 23.1 Å². The molecule has 0 aromatic heterocycles. The molecule has 5 heteroatoms. The quantitative estimate of drug-likeness (QED) is 0.883. The van der Waals surface area contributed by atoms with Crippen molar-refractivity contribution >= 4 is 11.7 Å². The second-order valence-electron chi connectivity index (χ2n) is 5.08. The van der Waals surface area contributed by atoms with Crippen LogP contribution in [-0.4, -0.2) is 43.2 Å². The summed E-state index contributed by atoms with van der Waals surface area (Å²) in [5.41, 5.74) is 0.388. The zero-order chi connectivity index (χ0) is 13.2. The molecule has 2 heterocycles. The molecule has 2 saturated heterocycles. The van der Waals surface area contributed by atoms with E-state index in [9.17, 15) is 9.18 Å². The molecule has 2 aliphatic heterocycles. The molecular formula is C14H18FN3O. The minimum absolute atomic E-state index is 0.0706. The molecule has 0 saturated carbocycles. The molecule has 0 spiro atoms. The van der Waals surface area contributed by atoms with E-state index in [0.717, 1.165) is 25.9 Å². The predicted octanol–water partition coefficient (Wildman–Crippen LogP) is 1.82. The van der Waals surface area contributed by atoms with Gasteiger partial charge in [0.15, 0.2) is 0 Å². The molecule has 2 aliphatic rings. The van der Waals surface area contributed by atoms with Gasteiger partial charge in [0.2, 0.25) is 0 Å². The maximum atomic E-state index is 13.8. The number of piperidine rings is 1. The predicted molar refractivity (Wildman–Crippen MR) is 71.7 cm³/mol. The van der Waals surface area contributed by atoms with Gasteiger partial charge in [-0.05, 0) is 31.5 Å². The average molecular weight is 263 g/mol. The van der Waals surface area contributed by atoms with Crippen molar-refractivity contribution in [3.8, 4) is 0 Å². The second kappa shape index (κ2) is 5.17. The van der Waals surface area contributed by atoms with Crippen LogP contribution < -0.4 is 10.2 Å². The van der Waals surface area contributed by atoms with Crippen molar-refractivity contribution < 1.29 is 9.18 Å². The number of rotatable bonds is 2. The molecule has 1 aromatic carbocycles. The van der Waals surface area contributed by atoms with Crippen LogP contribution in [0.3, 0.4) is 0 Å². The summed E-state index contributed by atoms with van der Waals surface area (Å²) in [4.78, 5) is 15.8. The summed E-state index contributed by atoms with van der Waals surface area (Å²) in [5.74, 6) is -0.334. The van der Waals surface area contributed by atoms with E-state index in [2.05, 4.69) is 5.32 Å². The summed E-state index contributed by atoms with van der Waals surface area (Å²) in [6.07, 6.45) is 2.12. The lowest BCUT2D eigenvalue weighted by Gasteiger charge is -2.31. The van der Waals surface area contributed by atoms with Gasteiger partial charge in [0.05, 0.1) is 5.69 Å². The third-order valence-electron chi connectivity index (χ3n) is 3.90. The Labute approximate surface area is 112 Å². The van der Waals surface area contributed by atoms with Gasteiger partial charge in [-0.15, -0.1) is 0 Å². The standard InChI is InChI=1S/C14H18FN3O/c15-12-5-1-2-6-13(12)18-9-8-17(14(18)19)11-4-3-7-16-10-11/h1-2,5-6,11,16H,3-4,7-10H2/t11-/m1/s1. The van der Waals surface area contributed by atoms with Crippen LogP contribution in [-0.2, 0) is 0 Å². The molecule has 102 valence electrons. The largest absolute Gasteiger partial charge is 0.324 e. The molecule has 0 unspecified atom stereocenters. The highest BCUT2D eigenvalue weighted by atomic mass is 19.1. The fourth-order valence-electron chi connectivity index (χ4n) is 2.89. The molecule has 2 fully saturated rings. The van der Waals surface area contributed by atoms with Gasteiger partial charge in [0.1, 0.15) is 5.82 Å². The Hall–Kier alpha value is -1.62. The van der Waals surface area contributed by atoms with Crippen molar-refractivity contribution in [1.82, 2.24) is 10.2 Å². The molecule has 1 aromatic rings. The number of carbonyl (C=O) groups excluding carboxylic acids is 1. The van der Waals surface area contributed by atoms with Crippen LogP contribution in [0.15, 0.2) is 24.3 Å². The first-order chi connectivity index (χ1) is 9.27. The third-order valence-corrected chi connectivity index (χ3v) is 3.90. The van der Waals surface area contributed by atoms with Crippen LogP contribution in [0.2, 0.25) is 0 Å². The lowest BCUT2D eigenvalue weighted by Crippen LogP contribution is -2.47. The van der Waals surface area contributed by atoms with Gasteiger partial charge in [-0.2, -0.15) is 0 Å². The Kier molecular flexibility index (Phi) is 3.38. The molecule has 1 atom stereocenters. The van der Waals surface area contributed by atoms with E-state index in [4.69, 9.17) is 0 Å². The van der Waals surface area contributed by atoms with Crippen molar-refractivity contribution in [3.63, 3.8) is 0 Å². The number of hydrogen-bond acceptors (Lipinski definition) is 2. The molecule has 2 amide bonds. The number of nitrogens with one attached hydrogen (secondary N) is 1. The van der Waals surface area contributed by atoms with Gasteiger partial charge in [0, 0.05) is 25.7 Å². The summed E-state index contributed by atoms with van der Waals surface area (Å²) >= 11 is 0. The van der Waals surface area contributed by atoms with Crippen molar-refractivity contribution in [2.75, 3.05) is 31.1 Å². The highest BCUT2D eigenvalue weighted by Gasteiger charge is 2.35. The van der Waals surface area contributed by atoms with E-state index in [1.807, 2.05) is 4.90 Å². The van der Waals surface area contributed by atoms with Gasteiger partial charge in [-0.3, -0.25) is 4.90 Å². The molecule has 19 heavy (non-hydrogen) atoms. The summed E-state index contributed by atoms with van der Waals surface area (Å²) in [6.45, 7) is 3.11. The summed E-state index contributed by atoms with van der Waals surface area (Å²) in [6, 6.07) is 6.64. The molecule has 3 rings (SSSR count). The van der Waals surface area contributed by atoms with Crippen LogP contribution in [0.4, 0.5) is 14.9 Å². The van der Waals surface area contributed by atoms with Gasteiger partial charge in [-0.1, -0.05) is 12.1 Å². The Bertz CT molecular complexity index is 474. The number of urea groups is 1. The van der Waals surface area contributed by atoms with Crippen molar-refractivity contribution in [2.24, 2.45) is 0 Å². The molecule has 1 N–H and O–H groups in total. The number of amides is 2. The Morgan fingerprint density at radius 3 is 2.84 bits per heavy atom. The fourth-order valence-corrected chi connectivity index (χ4v) is 2.89. The maximum absolute atomic E-state index is 13.8. The van der Waals surface area contributed by atoms with Gasteiger partial charge >= 0.3 is 6.03 Å². The Balaban J connectivity index is 1.76. The van der Waals surface area contributed by atoms with Crippen LogP contribution in [0.5, 0.6) is 0 Å². The highest BCUT2D eigenvalue weighted by molar-refractivity contribution is 5.94. The maximum Gasteiger partial charge on any atom is 0.324 e. The number of nitrogens with zero attached hydrogens (tertiary/aromatic N) is 2. The monoisotopic (exact) mass is 263 g/mol. The zero-order valence-electron chi connectivity index (χ0n) is 10.8. The van der Waals surface area contributed by atoms with Gasteiger partial charge in [0.25, 0.3) is 0 Å². The first-order valence-corrected chi connectivity index (χ1v) is 6.81. The van der Waals surface area contributed by atoms with Crippen molar-refractivity contribution in [2.45, 2.75) is 18.9 Å². The van der Waals surface area contributed by atoms with Crippen LogP contribution in [0.1, 0.15) is 12.8 Å². The summed E-state index contributed by atoms with van der Waals surface area (Å²) < 4.78 is 13.8. The normalized spacial score (nSPS) is 24.1. The van der Waals surface area contributed by atoms with Gasteiger partial charge < -0.3 is 10.2 Å². The van der Waals surface area contributed by atoms with Crippen LogP contribution in [0.25, 0.3) is 0 Å². The van der Waals surface area contributed by atoms with Crippen LogP contribution in [0, 0.1) is 5.82 Å². The third kappa shape index (κ3) is 2.30. The van der Waals surface area contributed by atoms with Crippen LogP contribution >= 0.6 is 0 Å². The fraction of sp³-hybridized carbons (Fsp3) is 0.500. The molecule has 4 nitrogen and oxygen atoms in total. The van der Waals surface area contributed by atoms with Crippen molar-refractivity contribution in [1.29, 1.82) is 0 Å². The average Bonchev–Trinajstić information content (AvgIpc) is 2.82. The number of carbonyl (C=O) groups is 1. The van der Waals surface area contributed by atoms with E-state index in [0.29, 0.717) is 18.8 Å². The number of hydrogen-bond donors (Lipinski definition) is 1. The first kappa shape index (κ1) is 12.4. The van der Waals surface area contributed by atoms with Gasteiger partial charge in [-0.25, -0.2) is 9.18 Å². The lowest BCUT2D eigenvalue weighted by atomic mass is 10.1. The number of benzene rings is 1. The Morgan fingerprint density at radius 1 is 1.26 bits per heavy atom. The van der Waals surface area contributed by atoms with E-state index in [-0.39, 0.29) is 17.9 Å². The number of anilines is 1. The molecular weight excluding hydrogens is 245 g/mol. The summed E-state index contributed by atoms with van der Waals surface area (Å²) in [5, 5.41) is 3.31. The second-order valence-corrected chi connectivity index (χ2v) is 5.08. The molecule has 0 bridgehead atoms. The minimum atomic E-state index is -0.334. The van der Waals surface area contributed by atoms with E-state index in [1.165, 1.54) is 6.07 Å². The highest BCUT2D eigenvalue weighted by Crippen LogP contribution is 2.25. The zero-order valence-corrected chi connectivity index (χ0v) is 10.8. The van der Waals surface area contributed by atoms with Crippen molar-refractivity contribution in [3.05, 3.63) is 30.1 Å². The molecule has 0 radical (unpaired) electrons. The smallest absolute Gasteiger partial charge is 0.318 e. The lowest BCUT2D eigenvalue weighted by molar-refractivity contribution is 0.187. The minimum Gasteiger partial charge on any atom is -0.318 e. The molecule has 0 aliphatic carbocycles. The Morgan fingerprint density at radius 2 is 2.11 bits per heavy atom. The number of halogens is 1. The van der Waals surface area contributed by atoms with E-state index < -0.39 is 0 Å². The summed E-state index contributed by atoms with van der Waals surface area (Å²) in [7, 11) is 0. The topological polar surface area (TPSA) is 35.6 Å².